The molecule has 0 heterocycles. The van der Waals surface area contributed by atoms with Gasteiger partial charge in [0.15, 0.2) is 0 Å². The van der Waals surface area contributed by atoms with Crippen molar-refractivity contribution in [2.75, 3.05) is 20.7 Å². The van der Waals surface area contributed by atoms with Crippen LogP contribution in [0.4, 0.5) is 0 Å². The van der Waals surface area contributed by atoms with E-state index in [1.807, 2.05) is 39.8 Å². The standard InChI is InChI=1S/C25H34ClN3O5S/c1-7-22(24(31)27-25(2,3)4)29(16-18-8-12-20(34-6)13-9-18)23(30)17-28(5)35(32,33)21-14-10-19(26)11-15-21/h8-15,22H,7,16-17H2,1-6H3,(H,27,31)/t22-/m0/s1. The van der Waals surface area contributed by atoms with Crippen molar-refractivity contribution < 1.29 is 22.7 Å². The van der Waals surface area contributed by atoms with E-state index in [-0.39, 0.29) is 17.3 Å². The molecule has 2 aromatic rings. The van der Waals surface area contributed by atoms with E-state index in [2.05, 4.69) is 5.32 Å². The molecular weight excluding hydrogens is 490 g/mol. The van der Waals surface area contributed by atoms with Crippen LogP contribution in [-0.2, 0) is 26.2 Å². The van der Waals surface area contributed by atoms with Crippen LogP contribution in [-0.4, -0.2) is 61.7 Å². The lowest BCUT2D eigenvalue weighted by atomic mass is 10.1. The van der Waals surface area contributed by atoms with Crippen LogP contribution in [0.1, 0.15) is 39.7 Å². The number of amides is 2. The number of hydrogen-bond donors (Lipinski definition) is 1. The summed E-state index contributed by atoms with van der Waals surface area (Å²) in [7, 11) is -1.04. The molecule has 0 aliphatic heterocycles. The molecule has 2 rings (SSSR count). The van der Waals surface area contributed by atoms with E-state index in [4.69, 9.17) is 16.3 Å². The number of carbonyl (C=O) groups excluding carboxylic acids is 2. The molecule has 0 saturated heterocycles. The smallest absolute Gasteiger partial charge is 0.243 e. The summed E-state index contributed by atoms with van der Waals surface area (Å²) < 4.78 is 32.2. The van der Waals surface area contributed by atoms with Crippen LogP contribution in [0.15, 0.2) is 53.4 Å². The number of likely N-dealkylation sites (N-methyl/N-ethyl adjacent to an activating group) is 1. The van der Waals surface area contributed by atoms with Crippen molar-refractivity contribution in [2.45, 2.75) is 57.1 Å². The number of sulfonamides is 1. The minimum atomic E-state index is -3.94. The third-order valence-corrected chi connectivity index (χ3v) is 7.35. The molecular formula is C25H34ClN3O5S. The number of carbonyl (C=O) groups is 2. The first-order chi connectivity index (χ1) is 16.3. The van der Waals surface area contributed by atoms with Crippen molar-refractivity contribution in [1.82, 2.24) is 14.5 Å². The summed E-state index contributed by atoms with van der Waals surface area (Å²) in [6, 6.07) is 12.1. The van der Waals surface area contributed by atoms with E-state index in [9.17, 15) is 18.0 Å². The fraction of sp³-hybridized carbons (Fsp3) is 0.440. The highest BCUT2D eigenvalue weighted by Gasteiger charge is 2.33. The molecule has 0 aliphatic carbocycles. The maximum absolute atomic E-state index is 13.5. The topological polar surface area (TPSA) is 96.0 Å². The Balaban J connectivity index is 2.34. The lowest BCUT2D eigenvalue weighted by Gasteiger charge is -2.34. The SMILES string of the molecule is CC[C@@H](C(=O)NC(C)(C)C)N(Cc1ccc(OC)cc1)C(=O)CN(C)S(=O)(=O)c1ccc(Cl)cc1. The van der Waals surface area contributed by atoms with Crippen LogP contribution in [0.25, 0.3) is 0 Å². The van der Waals surface area contributed by atoms with Crippen LogP contribution in [0, 0.1) is 0 Å². The average molecular weight is 524 g/mol. The number of methoxy groups -OCH3 is 1. The molecule has 0 saturated carbocycles. The quantitative estimate of drug-likeness (QED) is 0.512. The highest BCUT2D eigenvalue weighted by atomic mass is 35.5. The first kappa shape index (κ1) is 28.6. The maximum Gasteiger partial charge on any atom is 0.243 e. The molecule has 0 radical (unpaired) electrons. The Bertz CT molecular complexity index is 1110. The van der Waals surface area contributed by atoms with Crippen molar-refractivity contribution in [3.8, 4) is 5.75 Å². The second-order valence-corrected chi connectivity index (χ2v) is 11.7. The second kappa shape index (κ2) is 11.9. The highest BCUT2D eigenvalue weighted by molar-refractivity contribution is 7.89. The van der Waals surface area contributed by atoms with Gasteiger partial charge in [0.2, 0.25) is 21.8 Å². The normalized spacial score (nSPS) is 12.8. The molecule has 2 aromatic carbocycles. The molecule has 1 N–H and O–H groups in total. The van der Waals surface area contributed by atoms with Crippen molar-refractivity contribution in [2.24, 2.45) is 0 Å². The van der Waals surface area contributed by atoms with Crippen molar-refractivity contribution in [1.29, 1.82) is 0 Å². The van der Waals surface area contributed by atoms with Crippen LogP contribution >= 0.6 is 11.6 Å². The number of hydrogen-bond acceptors (Lipinski definition) is 5. The zero-order chi connectivity index (χ0) is 26.4. The number of nitrogens with one attached hydrogen (secondary N) is 1. The molecule has 0 fully saturated rings. The molecule has 0 aromatic heterocycles. The van der Waals surface area contributed by atoms with Gasteiger partial charge >= 0.3 is 0 Å². The first-order valence-electron chi connectivity index (χ1n) is 11.2. The summed E-state index contributed by atoms with van der Waals surface area (Å²) in [5.74, 6) is -0.125. The molecule has 10 heteroatoms. The third kappa shape index (κ3) is 7.95. The van der Waals surface area contributed by atoms with Gasteiger partial charge in [-0.15, -0.1) is 0 Å². The van der Waals surface area contributed by atoms with Gasteiger partial charge in [-0.05, 0) is 69.2 Å². The number of ether oxygens (including phenoxy) is 1. The number of rotatable bonds is 10. The van der Waals surface area contributed by atoms with Crippen LogP contribution in [0.5, 0.6) is 5.75 Å². The van der Waals surface area contributed by atoms with Gasteiger partial charge in [-0.2, -0.15) is 4.31 Å². The van der Waals surface area contributed by atoms with E-state index in [0.717, 1.165) is 9.87 Å². The van der Waals surface area contributed by atoms with Gasteiger partial charge in [0.05, 0.1) is 18.6 Å². The van der Waals surface area contributed by atoms with Crippen LogP contribution in [0.3, 0.4) is 0 Å². The molecule has 35 heavy (non-hydrogen) atoms. The van der Waals surface area contributed by atoms with Gasteiger partial charge < -0.3 is 15.0 Å². The Labute approximate surface area is 213 Å². The summed E-state index contributed by atoms with van der Waals surface area (Å²) in [5, 5.41) is 3.33. The highest BCUT2D eigenvalue weighted by Crippen LogP contribution is 2.20. The number of nitrogens with zero attached hydrogens (tertiary/aromatic N) is 2. The average Bonchev–Trinajstić information content (AvgIpc) is 2.78. The Morgan fingerprint density at radius 1 is 1.06 bits per heavy atom. The number of halogens is 1. The van der Waals surface area contributed by atoms with E-state index in [0.29, 0.717) is 17.2 Å². The molecule has 0 bridgehead atoms. The van der Waals surface area contributed by atoms with Gasteiger partial charge in [-0.1, -0.05) is 30.7 Å². The number of benzene rings is 2. The van der Waals surface area contributed by atoms with Crippen molar-refractivity contribution in [3.05, 3.63) is 59.1 Å². The molecule has 192 valence electrons. The van der Waals surface area contributed by atoms with Gasteiger partial charge in [0.1, 0.15) is 11.8 Å². The monoisotopic (exact) mass is 523 g/mol. The summed E-state index contributed by atoms with van der Waals surface area (Å²) in [4.78, 5) is 28.0. The van der Waals surface area contributed by atoms with E-state index < -0.39 is 34.1 Å². The maximum atomic E-state index is 13.5. The van der Waals surface area contributed by atoms with Crippen molar-refractivity contribution in [3.63, 3.8) is 0 Å². The van der Waals surface area contributed by atoms with Gasteiger partial charge in [0, 0.05) is 24.2 Å². The lowest BCUT2D eigenvalue weighted by Crippen LogP contribution is -2.55. The molecule has 8 nitrogen and oxygen atoms in total. The Morgan fingerprint density at radius 2 is 1.63 bits per heavy atom. The van der Waals surface area contributed by atoms with Crippen LogP contribution in [0.2, 0.25) is 5.02 Å². The first-order valence-corrected chi connectivity index (χ1v) is 13.1. The largest absolute Gasteiger partial charge is 0.497 e. The summed E-state index contributed by atoms with van der Waals surface area (Å²) >= 11 is 5.87. The summed E-state index contributed by atoms with van der Waals surface area (Å²) in [6.45, 7) is 7.10. The second-order valence-electron chi connectivity index (χ2n) is 9.25. The van der Waals surface area contributed by atoms with Crippen molar-refractivity contribution >= 4 is 33.4 Å². The molecule has 0 spiro atoms. The molecule has 0 unspecified atom stereocenters. The van der Waals surface area contributed by atoms with E-state index in [1.54, 1.807) is 19.2 Å². The Hall–Kier alpha value is -2.62. The minimum Gasteiger partial charge on any atom is -0.497 e. The summed E-state index contributed by atoms with van der Waals surface area (Å²) in [5.41, 5.74) is 0.290. The third-order valence-electron chi connectivity index (χ3n) is 5.28. The molecule has 2 amide bonds. The fourth-order valence-electron chi connectivity index (χ4n) is 3.45. The van der Waals surface area contributed by atoms with Gasteiger partial charge in [-0.3, -0.25) is 9.59 Å². The Kier molecular flexibility index (Phi) is 9.71. The summed E-state index contributed by atoms with van der Waals surface area (Å²) in [6.07, 6.45) is 0.359. The lowest BCUT2D eigenvalue weighted by molar-refractivity contribution is -0.142. The van der Waals surface area contributed by atoms with Crippen LogP contribution < -0.4 is 10.1 Å². The predicted octanol–water partition coefficient (Wildman–Crippen LogP) is 3.69. The van der Waals surface area contributed by atoms with E-state index >= 15 is 0 Å². The van der Waals surface area contributed by atoms with Gasteiger partial charge in [-0.25, -0.2) is 8.42 Å². The van der Waals surface area contributed by atoms with E-state index in [1.165, 1.54) is 36.2 Å². The minimum absolute atomic E-state index is 0.0245. The predicted molar refractivity (Wildman–Crippen MR) is 137 cm³/mol. The molecule has 0 aliphatic rings. The Morgan fingerprint density at radius 3 is 2.11 bits per heavy atom. The zero-order valence-corrected chi connectivity index (χ0v) is 22.6. The molecule has 1 atom stereocenters. The van der Waals surface area contributed by atoms with Gasteiger partial charge in [0.25, 0.3) is 0 Å². The zero-order valence-electron chi connectivity index (χ0n) is 21.0. The fourth-order valence-corrected chi connectivity index (χ4v) is 4.70.